The first-order chi connectivity index (χ1) is 28.3. The molecule has 7 aromatic rings. The van der Waals surface area contributed by atoms with Crippen LogP contribution in [0.1, 0.15) is 59.5 Å². The number of para-hydroxylation sites is 1. The number of imidazole rings is 2. The van der Waals surface area contributed by atoms with Crippen molar-refractivity contribution < 1.29 is 14.7 Å². The van der Waals surface area contributed by atoms with Crippen LogP contribution in [0.15, 0.2) is 163 Å². The molecule has 12 heteroatoms. The smallest absolute Gasteiger partial charge is 0.173 e. The lowest BCUT2D eigenvalue weighted by atomic mass is 10.1. The molecule has 5 aromatic carbocycles. The fraction of sp³-hybridized carbons (Fsp3) is 0.130. The van der Waals surface area contributed by atoms with Crippen molar-refractivity contribution in [1.82, 2.24) is 19.5 Å². The second-order valence-corrected chi connectivity index (χ2v) is 12.1. The first kappa shape index (κ1) is 49.7. The summed E-state index contributed by atoms with van der Waals surface area (Å²) < 4.78 is 3.11. The highest BCUT2D eigenvalue weighted by Gasteiger charge is 2.04. The summed E-state index contributed by atoms with van der Waals surface area (Å²) >= 11 is 6.38. The highest BCUT2D eigenvalue weighted by molar-refractivity contribution is 9.10. The number of halogens is 2. The number of rotatable bonds is 6. The van der Waals surface area contributed by atoms with Crippen molar-refractivity contribution in [2.75, 3.05) is 12.1 Å². The SMILES string of the molecule is Brc1ccccc1.CC.CC.N#Cc1ccc(-c2cnc[nH]2)cc1.N#Cc1ccc(C(=O)CBr)cc1.NCO.O=Cc1ccc(-c2cn(-c3ccccc3)cn2)cc1. The number of hydrogen-bond acceptors (Lipinski definition) is 8. The molecule has 0 spiro atoms. The van der Waals surface area contributed by atoms with E-state index >= 15 is 0 Å². The van der Waals surface area contributed by atoms with Gasteiger partial charge in [0.05, 0.1) is 65.6 Å². The minimum absolute atomic E-state index is 0.0273. The third-order valence-electron chi connectivity index (χ3n) is 6.99. The van der Waals surface area contributed by atoms with E-state index in [2.05, 4.69) is 58.6 Å². The number of nitrogens with two attached hydrogens (primary N) is 1. The highest BCUT2D eigenvalue weighted by atomic mass is 79.9. The number of Topliss-reactive ketones (excluding diaryl/α,β-unsaturated/α-hetero) is 1. The van der Waals surface area contributed by atoms with Crippen LogP contribution >= 0.6 is 31.9 Å². The summed E-state index contributed by atoms with van der Waals surface area (Å²) in [6.45, 7) is 7.75. The number of carbonyl (C=O) groups is 2. The van der Waals surface area contributed by atoms with Crippen LogP contribution in [0, 0.1) is 22.7 Å². The molecular weight excluding hydrogens is 858 g/mol. The van der Waals surface area contributed by atoms with Crippen LogP contribution < -0.4 is 5.73 Å². The molecule has 7 rings (SSSR count). The van der Waals surface area contributed by atoms with Gasteiger partial charge in [-0.05, 0) is 54.1 Å². The van der Waals surface area contributed by atoms with Crippen LogP contribution in [0.3, 0.4) is 0 Å². The van der Waals surface area contributed by atoms with Gasteiger partial charge < -0.3 is 20.4 Å². The van der Waals surface area contributed by atoms with Crippen molar-refractivity contribution in [3.05, 3.63) is 185 Å². The van der Waals surface area contributed by atoms with E-state index in [4.69, 9.17) is 15.6 Å². The number of aromatic nitrogens is 4. The molecule has 0 radical (unpaired) electrons. The van der Waals surface area contributed by atoms with Gasteiger partial charge in [-0.3, -0.25) is 9.59 Å². The molecule has 4 N–H and O–H groups in total. The number of benzene rings is 5. The van der Waals surface area contributed by atoms with Crippen LogP contribution in [-0.2, 0) is 0 Å². The van der Waals surface area contributed by atoms with Gasteiger partial charge in [-0.15, -0.1) is 0 Å². The molecule has 0 saturated carbocycles. The molecule has 0 aliphatic carbocycles. The number of ketones is 1. The molecule has 0 aliphatic rings. The van der Waals surface area contributed by atoms with Gasteiger partial charge in [-0.25, -0.2) is 9.97 Å². The number of aldehydes is 1. The summed E-state index contributed by atoms with van der Waals surface area (Å²) in [4.78, 5) is 33.0. The number of aliphatic hydroxyl groups excluding tert-OH is 1. The molecular formula is C46H47Br2N7O3. The van der Waals surface area contributed by atoms with E-state index in [0.29, 0.717) is 27.6 Å². The minimum Gasteiger partial charge on any atom is -0.382 e. The third kappa shape index (κ3) is 18.6. The van der Waals surface area contributed by atoms with Crippen molar-refractivity contribution in [2.24, 2.45) is 5.73 Å². The van der Waals surface area contributed by atoms with Crippen molar-refractivity contribution in [2.45, 2.75) is 27.7 Å². The van der Waals surface area contributed by atoms with Gasteiger partial charge in [-0.2, -0.15) is 10.5 Å². The number of nitrogens with zero attached hydrogens (tertiary/aromatic N) is 5. The molecule has 58 heavy (non-hydrogen) atoms. The van der Waals surface area contributed by atoms with E-state index in [-0.39, 0.29) is 12.5 Å². The molecule has 2 aromatic heterocycles. The highest BCUT2D eigenvalue weighted by Crippen LogP contribution is 2.19. The maximum Gasteiger partial charge on any atom is 0.173 e. The topological polar surface area (TPSA) is 174 Å². The number of nitriles is 2. The zero-order valence-corrected chi connectivity index (χ0v) is 36.0. The molecule has 0 saturated heterocycles. The summed E-state index contributed by atoms with van der Waals surface area (Å²) in [5, 5.41) is 24.7. The summed E-state index contributed by atoms with van der Waals surface area (Å²) in [5.41, 5.74) is 11.9. The van der Waals surface area contributed by atoms with E-state index < -0.39 is 0 Å². The summed E-state index contributed by atoms with van der Waals surface area (Å²) in [7, 11) is 0. The number of hydrogen-bond donors (Lipinski definition) is 3. The third-order valence-corrected chi connectivity index (χ3v) is 8.03. The Hall–Kier alpha value is -6.28. The standard InChI is InChI=1S/C16H12N2O.C10H7N3.C9H6BrNO.C6H5Br.2C2H6.CH5NO/c19-11-13-6-8-14(9-7-13)16-10-18(12-17-16)15-4-2-1-3-5-15;11-5-8-1-3-9(4-2-8)10-6-12-7-13-10;10-5-9(12)8-3-1-7(6-11)2-4-8;7-6-4-2-1-3-5-6;2*1-2;2-1-3/h1-12H;1-4,6-7H,(H,12,13);1-4H,5H2;1-5H;2*1-2H3;3H,1-2H2. The van der Waals surface area contributed by atoms with Crippen LogP contribution in [0.25, 0.3) is 28.2 Å². The maximum atomic E-state index is 11.1. The number of aromatic amines is 1. The van der Waals surface area contributed by atoms with E-state index in [0.717, 1.165) is 39.0 Å². The molecule has 0 bridgehead atoms. The predicted octanol–water partition coefficient (Wildman–Crippen LogP) is 10.8. The van der Waals surface area contributed by atoms with Gasteiger partial charge in [0.1, 0.15) is 6.29 Å². The van der Waals surface area contributed by atoms with Gasteiger partial charge in [0.2, 0.25) is 0 Å². The molecule has 0 aliphatic heterocycles. The molecule has 0 amide bonds. The van der Waals surface area contributed by atoms with Crippen LogP contribution in [-0.4, -0.2) is 48.8 Å². The monoisotopic (exact) mass is 903 g/mol. The Kier molecular flexibility index (Phi) is 26.5. The molecule has 0 atom stereocenters. The molecule has 10 nitrogen and oxygen atoms in total. The number of aliphatic hydroxyl groups is 1. The fourth-order valence-electron chi connectivity index (χ4n) is 4.31. The van der Waals surface area contributed by atoms with Crippen molar-refractivity contribution >= 4 is 43.9 Å². The quantitative estimate of drug-likeness (QED) is 0.0639. The van der Waals surface area contributed by atoms with Crippen molar-refractivity contribution in [1.29, 1.82) is 10.5 Å². The number of alkyl halides is 1. The van der Waals surface area contributed by atoms with Gasteiger partial charge in [0.25, 0.3) is 0 Å². The van der Waals surface area contributed by atoms with E-state index in [1.807, 2.05) is 129 Å². The average molecular weight is 906 g/mol. The number of carbonyl (C=O) groups excluding carboxylic acids is 2. The van der Waals surface area contributed by atoms with Gasteiger partial charge in [0.15, 0.2) is 5.78 Å². The largest absolute Gasteiger partial charge is 0.382 e. The zero-order chi connectivity index (χ0) is 43.0. The lowest BCUT2D eigenvalue weighted by Crippen LogP contribution is -1.98. The number of nitrogens with one attached hydrogen (secondary N) is 1. The summed E-state index contributed by atoms with van der Waals surface area (Å²) in [5.74, 6) is 0.0273. The minimum atomic E-state index is -0.250. The summed E-state index contributed by atoms with van der Waals surface area (Å²) in [6, 6.07) is 45.4. The second kappa shape index (κ2) is 30.9. The van der Waals surface area contributed by atoms with Gasteiger partial charge >= 0.3 is 0 Å². The number of H-pyrrole nitrogens is 1. The normalized spacial score (nSPS) is 8.93. The average Bonchev–Trinajstić information content (AvgIpc) is 4.04. The Labute approximate surface area is 358 Å². The predicted molar refractivity (Wildman–Crippen MR) is 241 cm³/mol. The maximum absolute atomic E-state index is 11.1. The summed E-state index contributed by atoms with van der Waals surface area (Å²) in [6.07, 6.45) is 7.99. The lowest BCUT2D eigenvalue weighted by Gasteiger charge is -2.00. The molecule has 0 fully saturated rings. The van der Waals surface area contributed by atoms with E-state index in [9.17, 15) is 9.59 Å². The Bertz CT molecular complexity index is 2200. The first-order valence-electron chi connectivity index (χ1n) is 18.1. The van der Waals surface area contributed by atoms with Crippen molar-refractivity contribution in [3.8, 4) is 40.3 Å². The second-order valence-electron chi connectivity index (χ2n) is 10.6. The van der Waals surface area contributed by atoms with E-state index in [1.165, 1.54) is 0 Å². The van der Waals surface area contributed by atoms with E-state index in [1.54, 1.807) is 67.4 Å². The molecule has 298 valence electrons. The van der Waals surface area contributed by atoms with Gasteiger partial charge in [-0.1, -0.05) is 144 Å². The Morgan fingerprint density at radius 2 is 1.29 bits per heavy atom. The Morgan fingerprint density at radius 3 is 1.72 bits per heavy atom. The van der Waals surface area contributed by atoms with Crippen LogP contribution in [0.2, 0.25) is 0 Å². The van der Waals surface area contributed by atoms with Crippen molar-refractivity contribution in [3.63, 3.8) is 0 Å². The molecule has 0 unspecified atom stereocenters. The van der Waals surface area contributed by atoms with Crippen LogP contribution in [0.4, 0.5) is 0 Å². The lowest BCUT2D eigenvalue weighted by molar-refractivity contribution is 0.102. The first-order valence-corrected chi connectivity index (χ1v) is 20.0. The fourth-order valence-corrected chi connectivity index (χ4v) is 4.94. The zero-order valence-electron chi connectivity index (χ0n) is 32.8. The molecule has 2 heterocycles. The van der Waals surface area contributed by atoms with Gasteiger partial charge in [0, 0.05) is 33.0 Å². The Morgan fingerprint density at radius 1 is 0.793 bits per heavy atom. The van der Waals surface area contributed by atoms with Crippen LogP contribution in [0.5, 0.6) is 0 Å². The Balaban J connectivity index is 0.000000383.